The van der Waals surface area contributed by atoms with Gasteiger partial charge in [0.2, 0.25) is 5.91 Å². The summed E-state index contributed by atoms with van der Waals surface area (Å²) in [5.74, 6) is 0.139. The van der Waals surface area contributed by atoms with Crippen LogP contribution in [0.25, 0.3) is 0 Å². The zero-order chi connectivity index (χ0) is 14.5. The molecule has 0 aromatic carbocycles. The predicted octanol–water partition coefficient (Wildman–Crippen LogP) is 1.60. The second-order valence-corrected chi connectivity index (χ2v) is 6.49. The standard InChI is InChI=1S/C15H31N3O/c1-5-15(6-2,11-16)13(19)17-12-14(3)7-9-18(4)10-8-14/h5-12,16H2,1-4H3,(H,17,19). The van der Waals surface area contributed by atoms with Crippen molar-refractivity contribution >= 4 is 5.91 Å². The molecule has 1 aliphatic heterocycles. The molecule has 1 fully saturated rings. The van der Waals surface area contributed by atoms with E-state index in [1.807, 2.05) is 13.8 Å². The van der Waals surface area contributed by atoms with Gasteiger partial charge in [-0.2, -0.15) is 0 Å². The van der Waals surface area contributed by atoms with E-state index in [-0.39, 0.29) is 16.7 Å². The average molecular weight is 269 g/mol. The van der Waals surface area contributed by atoms with E-state index in [1.54, 1.807) is 0 Å². The Balaban J connectivity index is 2.53. The fourth-order valence-electron chi connectivity index (χ4n) is 2.77. The van der Waals surface area contributed by atoms with Crippen LogP contribution in [0.2, 0.25) is 0 Å². The minimum atomic E-state index is -0.373. The lowest BCUT2D eigenvalue weighted by molar-refractivity contribution is -0.131. The second-order valence-electron chi connectivity index (χ2n) is 6.49. The van der Waals surface area contributed by atoms with Gasteiger partial charge in [-0.3, -0.25) is 4.79 Å². The molecule has 0 aromatic heterocycles. The highest BCUT2D eigenvalue weighted by molar-refractivity contribution is 5.82. The van der Waals surface area contributed by atoms with Crippen LogP contribution in [0.5, 0.6) is 0 Å². The maximum absolute atomic E-state index is 12.4. The van der Waals surface area contributed by atoms with E-state index in [1.165, 1.54) is 0 Å². The van der Waals surface area contributed by atoms with E-state index >= 15 is 0 Å². The number of nitrogens with zero attached hydrogens (tertiary/aromatic N) is 1. The Hall–Kier alpha value is -0.610. The van der Waals surface area contributed by atoms with Crippen molar-refractivity contribution < 1.29 is 4.79 Å². The van der Waals surface area contributed by atoms with Gasteiger partial charge in [0.05, 0.1) is 5.41 Å². The first-order chi connectivity index (χ1) is 8.91. The quantitative estimate of drug-likeness (QED) is 0.770. The number of carbonyl (C=O) groups is 1. The van der Waals surface area contributed by atoms with Gasteiger partial charge in [0.15, 0.2) is 0 Å². The molecule has 1 rings (SSSR count). The van der Waals surface area contributed by atoms with Gasteiger partial charge in [0.1, 0.15) is 0 Å². The molecule has 0 saturated carbocycles. The van der Waals surface area contributed by atoms with Gasteiger partial charge >= 0.3 is 0 Å². The number of amides is 1. The zero-order valence-electron chi connectivity index (χ0n) is 13.1. The van der Waals surface area contributed by atoms with Crippen LogP contribution in [0.15, 0.2) is 0 Å². The molecule has 1 heterocycles. The molecule has 4 heteroatoms. The van der Waals surface area contributed by atoms with Crippen LogP contribution in [0.3, 0.4) is 0 Å². The Bertz CT molecular complexity index is 284. The molecule has 1 aliphatic rings. The fourth-order valence-corrected chi connectivity index (χ4v) is 2.77. The molecule has 0 spiro atoms. The van der Waals surface area contributed by atoms with E-state index in [0.717, 1.165) is 45.3 Å². The Kier molecular flexibility index (Phi) is 5.81. The SMILES string of the molecule is CCC(CC)(CN)C(=O)NCC1(C)CCN(C)CC1. The largest absolute Gasteiger partial charge is 0.355 e. The monoisotopic (exact) mass is 269 g/mol. The Morgan fingerprint density at radius 3 is 2.26 bits per heavy atom. The van der Waals surface area contributed by atoms with Gasteiger partial charge in [-0.05, 0) is 51.2 Å². The van der Waals surface area contributed by atoms with E-state index in [0.29, 0.717) is 6.54 Å². The van der Waals surface area contributed by atoms with Crippen molar-refractivity contribution in [1.82, 2.24) is 10.2 Å². The third kappa shape index (κ3) is 3.93. The highest BCUT2D eigenvalue weighted by Gasteiger charge is 2.35. The van der Waals surface area contributed by atoms with E-state index in [9.17, 15) is 4.79 Å². The van der Waals surface area contributed by atoms with Crippen LogP contribution in [0, 0.1) is 10.8 Å². The number of nitrogens with two attached hydrogens (primary N) is 1. The van der Waals surface area contributed by atoms with Crippen LogP contribution in [-0.4, -0.2) is 44.0 Å². The number of rotatable bonds is 6. The number of piperidine rings is 1. The molecule has 0 bridgehead atoms. The lowest BCUT2D eigenvalue weighted by Gasteiger charge is -2.39. The number of hydrogen-bond acceptors (Lipinski definition) is 3. The van der Waals surface area contributed by atoms with Gasteiger partial charge in [-0.25, -0.2) is 0 Å². The summed E-state index contributed by atoms with van der Waals surface area (Å²) < 4.78 is 0. The molecule has 0 aromatic rings. The van der Waals surface area contributed by atoms with Crippen LogP contribution >= 0.6 is 0 Å². The van der Waals surface area contributed by atoms with Crippen molar-refractivity contribution in [3.63, 3.8) is 0 Å². The van der Waals surface area contributed by atoms with Crippen LogP contribution in [0.1, 0.15) is 46.5 Å². The van der Waals surface area contributed by atoms with Gasteiger partial charge < -0.3 is 16.0 Å². The van der Waals surface area contributed by atoms with Crippen molar-refractivity contribution in [2.75, 3.05) is 33.2 Å². The molecule has 0 aliphatic carbocycles. The normalized spacial score (nSPS) is 20.3. The maximum atomic E-state index is 12.4. The molecule has 0 atom stereocenters. The molecule has 3 N–H and O–H groups in total. The number of likely N-dealkylation sites (tertiary alicyclic amines) is 1. The van der Waals surface area contributed by atoms with Crippen LogP contribution in [0.4, 0.5) is 0 Å². The molecule has 4 nitrogen and oxygen atoms in total. The van der Waals surface area contributed by atoms with Gasteiger partial charge in [0.25, 0.3) is 0 Å². The lowest BCUT2D eigenvalue weighted by Crippen LogP contribution is -2.49. The minimum Gasteiger partial charge on any atom is -0.355 e. The summed E-state index contributed by atoms with van der Waals surface area (Å²) in [6.07, 6.45) is 3.92. The number of hydrogen-bond donors (Lipinski definition) is 2. The van der Waals surface area contributed by atoms with Crippen molar-refractivity contribution in [2.45, 2.75) is 46.5 Å². The summed E-state index contributed by atoms with van der Waals surface area (Å²) in [6.45, 7) is 9.83. The average Bonchev–Trinajstić information content (AvgIpc) is 2.43. The van der Waals surface area contributed by atoms with Gasteiger partial charge in [0, 0.05) is 13.1 Å². The first-order valence-electron chi connectivity index (χ1n) is 7.58. The molecule has 1 saturated heterocycles. The van der Waals surface area contributed by atoms with E-state index < -0.39 is 0 Å². The topological polar surface area (TPSA) is 58.4 Å². The van der Waals surface area contributed by atoms with Crippen molar-refractivity contribution in [3.8, 4) is 0 Å². The molecule has 1 amide bonds. The van der Waals surface area contributed by atoms with Gasteiger partial charge in [-0.15, -0.1) is 0 Å². The number of carbonyl (C=O) groups excluding carboxylic acids is 1. The Morgan fingerprint density at radius 1 is 1.32 bits per heavy atom. The Labute approximate surface area is 118 Å². The predicted molar refractivity (Wildman–Crippen MR) is 79.9 cm³/mol. The molecule has 112 valence electrons. The summed E-state index contributed by atoms with van der Waals surface area (Å²) in [6, 6.07) is 0. The summed E-state index contributed by atoms with van der Waals surface area (Å²) in [5.41, 5.74) is 5.69. The first kappa shape index (κ1) is 16.4. The highest BCUT2D eigenvalue weighted by Crippen LogP contribution is 2.30. The van der Waals surface area contributed by atoms with Crippen molar-refractivity contribution in [1.29, 1.82) is 0 Å². The summed E-state index contributed by atoms with van der Waals surface area (Å²) in [4.78, 5) is 14.8. The molecule has 0 unspecified atom stereocenters. The third-order valence-corrected chi connectivity index (χ3v) is 5.10. The molecule has 0 radical (unpaired) electrons. The Morgan fingerprint density at radius 2 is 1.84 bits per heavy atom. The van der Waals surface area contributed by atoms with E-state index in [2.05, 4.69) is 24.2 Å². The van der Waals surface area contributed by atoms with Crippen LogP contribution in [-0.2, 0) is 4.79 Å². The van der Waals surface area contributed by atoms with Crippen molar-refractivity contribution in [3.05, 3.63) is 0 Å². The maximum Gasteiger partial charge on any atom is 0.227 e. The lowest BCUT2D eigenvalue weighted by atomic mass is 9.78. The fraction of sp³-hybridized carbons (Fsp3) is 0.933. The summed E-state index contributed by atoms with van der Waals surface area (Å²) >= 11 is 0. The van der Waals surface area contributed by atoms with Crippen LogP contribution < -0.4 is 11.1 Å². The number of nitrogens with one attached hydrogen (secondary N) is 1. The second kappa shape index (κ2) is 6.71. The molecular formula is C15H31N3O. The first-order valence-corrected chi connectivity index (χ1v) is 7.58. The minimum absolute atomic E-state index is 0.139. The van der Waals surface area contributed by atoms with Gasteiger partial charge in [-0.1, -0.05) is 20.8 Å². The smallest absolute Gasteiger partial charge is 0.227 e. The van der Waals surface area contributed by atoms with E-state index in [4.69, 9.17) is 5.73 Å². The summed E-state index contributed by atoms with van der Waals surface area (Å²) in [7, 11) is 2.16. The molecule has 19 heavy (non-hydrogen) atoms. The third-order valence-electron chi connectivity index (χ3n) is 5.10. The van der Waals surface area contributed by atoms with Crippen molar-refractivity contribution in [2.24, 2.45) is 16.6 Å². The molecular weight excluding hydrogens is 238 g/mol. The zero-order valence-corrected chi connectivity index (χ0v) is 13.1. The summed E-state index contributed by atoms with van der Waals surface area (Å²) in [5, 5.41) is 3.16. The highest BCUT2D eigenvalue weighted by atomic mass is 16.2.